The molecule has 1 unspecified atom stereocenters. The molecule has 0 aliphatic heterocycles. The second-order valence-electron chi connectivity index (χ2n) is 4.21. The van der Waals surface area contributed by atoms with Gasteiger partial charge in [-0.05, 0) is 25.2 Å². The van der Waals surface area contributed by atoms with E-state index in [0.29, 0.717) is 13.1 Å². The van der Waals surface area contributed by atoms with Crippen molar-refractivity contribution >= 4 is 21.9 Å². The van der Waals surface area contributed by atoms with Crippen LogP contribution in [-0.2, 0) is 11.3 Å². The fraction of sp³-hybridized carbons (Fsp3) is 0.417. The van der Waals surface area contributed by atoms with Gasteiger partial charge in [-0.3, -0.25) is 4.79 Å². The monoisotopic (exact) mass is 301 g/mol. The van der Waals surface area contributed by atoms with Crippen molar-refractivity contribution in [2.45, 2.75) is 13.5 Å². The number of halogens is 1. The Morgan fingerprint density at radius 1 is 1.53 bits per heavy atom. The maximum absolute atomic E-state index is 10.7. The number of rotatable bonds is 5. The Kier molecular flexibility index (Phi) is 4.96. The third kappa shape index (κ3) is 4.36. The van der Waals surface area contributed by atoms with Crippen molar-refractivity contribution in [1.82, 2.24) is 4.90 Å². The lowest BCUT2D eigenvalue weighted by molar-refractivity contribution is -0.141. The van der Waals surface area contributed by atoms with E-state index in [1.54, 1.807) is 19.1 Å². The number of carbonyl (C=O) groups is 1. The van der Waals surface area contributed by atoms with Crippen molar-refractivity contribution < 1.29 is 15.0 Å². The molecule has 0 saturated heterocycles. The lowest BCUT2D eigenvalue weighted by Gasteiger charge is -2.19. The summed E-state index contributed by atoms with van der Waals surface area (Å²) in [4.78, 5) is 12.6. The van der Waals surface area contributed by atoms with Crippen molar-refractivity contribution in [2.75, 3.05) is 13.6 Å². The average Bonchev–Trinajstić information content (AvgIpc) is 2.23. The highest BCUT2D eigenvalue weighted by Gasteiger charge is 2.14. The molecule has 1 rings (SSSR count). The van der Waals surface area contributed by atoms with Gasteiger partial charge in [0.05, 0.1) is 5.92 Å². The Hall–Kier alpha value is -1.07. The van der Waals surface area contributed by atoms with E-state index in [9.17, 15) is 9.90 Å². The molecular formula is C12H16BrNO3. The summed E-state index contributed by atoms with van der Waals surface area (Å²) in [5.74, 6) is -1.01. The molecule has 0 heterocycles. The summed E-state index contributed by atoms with van der Waals surface area (Å²) in [6.07, 6.45) is 0. The number of aliphatic carboxylic acids is 1. The van der Waals surface area contributed by atoms with Gasteiger partial charge in [-0.2, -0.15) is 0 Å². The first kappa shape index (κ1) is 14.0. The zero-order valence-electron chi connectivity index (χ0n) is 9.85. The zero-order valence-corrected chi connectivity index (χ0v) is 11.4. The van der Waals surface area contributed by atoms with Gasteiger partial charge in [0.2, 0.25) is 0 Å². The summed E-state index contributed by atoms with van der Waals surface area (Å²) >= 11 is 3.34. The molecule has 0 radical (unpaired) electrons. The minimum Gasteiger partial charge on any atom is -0.508 e. The second kappa shape index (κ2) is 6.02. The highest BCUT2D eigenvalue weighted by Crippen LogP contribution is 2.23. The molecule has 4 nitrogen and oxygen atoms in total. The largest absolute Gasteiger partial charge is 0.508 e. The van der Waals surface area contributed by atoms with Gasteiger partial charge in [0.25, 0.3) is 0 Å². The third-order valence-corrected chi connectivity index (χ3v) is 2.98. The summed E-state index contributed by atoms with van der Waals surface area (Å²) in [5, 5.41) is 18.5. The maximum atomic E-state index is 10.7. The van der Waals surface area contributed by atoms with Gasteiger partial charge < -0.3 is 15.1 Å². The normalized spacial score (nSPS) is 12.7. The Morgan fingerprint density at radius 2 is 2.18 bits per heavy atom. The van der Waals surface area contributed by atoms with Crippen LogP contribution in [0, 0.1) is 5.92 Å². The number of benzene rings is 1. The highest BCUT2D eigenvalue weighted by molar-refractivity contribution is 9.10. The van der Waals surface area contributed by atoms with Crippen LogP contribution in [0.15, 0.2) is 22.7 Å². The standard InChI is InChI=1S/C12H16BrNO3/c1-8(12(16)17)6-14(2)7-9-5-10(13)3-4-11(9)15/h3-5,8,15H,6-7H2,1-2H3,(H,16,17). The van der Waals surface area contributed by atoms with Crippen LogP contribution in [0.25, 0.3) is 0 Å². The molecule has 1 aromatic rings. The van der Waals surface area contributed by atoms with Gasteiger partial charge in [-0.15, -0.1) is 0 Å². The number of phenolic OH excluding ortho intramolecular Hbond substituents is 1. The molecule has 0 aliphatic carbocycles. The van der Waals surface area contributed by atoms with Crippen LogP contribution >= 0.6 is 15.9 Å². The summed E-state index contributed by atoms with van der Waals surface area (Å²) in [5.41, 5.74) is 0.777. The first-order valence-electron chi connectivity index (χ1n) is 5.29. The van der Waals surface area contributed by atoms with Crippen LogP contribution < -0.4 is 0 Å². The van der Waals surface area contributed by atoms with E-state index in [-0.39, 0.29) is 5.75 Å². The summed E-state index contributed by atoms with van der Waals surface area (Å²) < 4.78 is 0.894. The zero-order chi connectivity index (χ0) is 13.0. The Bertz CT molecular complexity index is 409. The third-order valence-electron chi connectivity index (χ3n) is 2.49. The van der Waals surface area contributed by atoms with Crippen LogP contribution in [0.2, 0.25) is 0 Å². The summed E-state index contributed by atoms with van der Waals surface area (Å²) in [6.45, 7) is 2.63. The van der Waals surface area contributed by atoms with Crippen molar-refractivity contribution in [2.24, 2.45) is 5.92 Å². The molecular weight excluding hydrogens is 286 g/mol. The number of hydrogen-bond donors (Lipinski definition) is 2. The van der Waals surface area contributed by atoms with Gasteiger partial charge in [0, 0.05) is 23.1 Å². The number of carboxylic acids is 1. The molecule has 94 valence electrons. The van der Waals surface area contributed by atoms with E-state index in [0.717, 1.165) is 10.0 Å². The molecule has 0 saturated carbocycles. The lowest BCUT2D eigenvalue weighted by Crippen LogP contribution is -2.28. The molecule has 1 atom stereocenters. The number of nitrogens with zero attached hydrogens (tertiary/aromatic N) is 1. The van der Waals surface area contributed by atoms with Crippen LogP contribution in [0.1, 0.15) is 12.5 Å². The predicted molar refractivity (Wildman–Crippen MR) is 68.9 cm³/mol. The summed E-state index contributed by atoms with van der Waals surface area (Å²) in [7, 11) is 1.83. The van der Waals surface area contributed by atoms with Crippen molar-refractivity contribution in [3.05, 3.63) is 28.2 Å². The maximum Gasteiger partial charge on any atom is 0.307 e. The van der Waals surface area contributed by atoms with Crippen molar-refractivity contribution in [3.63, 3.8) is 0 Å². The minimum absolute atomic E-state index is 0.225. The molecule has 0 aliphatic rings. The molecule has 0 amide bonds. The Labute approximate surface area is 109 Å². The number of aromatic hydroxyl groups is 1. The fourth-order valence-corrected chi connectivity index (χ4v) is 1.99. The van der Waals surface area contributed by atoms with Crippen LogP contribution in [-0.4, -0.2) is 34.7 Å². The molecule has 0 aromatic heterocycles. The van der Waals surface area contributed by atoms with Crippen molar-refractivity contribution in [1.29, 1.82) is 0 Å². The molecule has 0 fully saturated rings. The van der Waals surface area contributed by atoms with Crippen LogP contribution in [0.3, 0.4) is 0 Å². The molecule has 0 spiro atoms. The predicted octanol–water partition coefficient (Wildman–Crippen LogP) is 2.31. The lowest BCUT2D eigenvalue weighted by atomic mass is 10.1. The second-order valence-corrected chi connectivity index (χ2v) is 5.12. The van der Waals surface area contributed by atoms with Gasteiger partial charge in [0.1, 0.15) is 5.75 Å². The summed E-state index contributed by atoms with van der Waals surface area (Å²) in [6, 6.07) is 5.21. The molecule has 17 heavy (non-hydrogen) atoms. The van der Waals surface area contributed by atoms with Gasteiger partial charge in [-0.25, -0.2) is 0 Å². The van der Waals surface area contributed by atoms with Gasteiger partial charge in [-0.1, -0.05) is 22.9 Å². The van der Waals surface area contributed by atoms with Crippen LogP contribution in [0.4, 0.5) is 0 Å². The molecule has 1 aromatic carbocycles. The average molecular weight is 302 g/mol. The van der Waals surface area contributed by atoms with E-state index in [4.69, 9.17) is 5.11 Å². The number of carboxylic acid groups (broad SMARTS) is 1. The van der Waals surface area contributed by atoms with E-state index < -0.39 is 11.9 Å². The van der Waals surface area contributed by atoms with Crippen molar-refractivity contribution in [3.8, 4) is 5.75 Å². The number of phenols is 1. The van der Waals surface area contributed by atoms with E-state index >= 15 is 0 Å². The number of hydrogen-bond acceptors (Lipinski definition) is 3. The quantitative estimate of drug-likeness (QED) is 0.876. The first-order valence-corrected chi connectivity index (χ1v) is 6.08. The highest BCUT2D eigenvalue weighted by atomic mass is 79.9. The van der Waals surface area contributed by atoms with E-state index in [1.165, 1.54) is 0 Å². The van der Waals surface area contributed by atoms with Gasteiger partial charge in [0.15, 0.2) is 0 Å². The molecule has 5 heteroatoms. The first-order chi connectivity index (χ1) is 7.90. The van der Waals surface area contributed by atoms with E-state index in [2.05, 4.69) is 15.9 Å². The fourth-order valence-electron chi connectivity index (χ4n) is 1.58. The SMILES string of the molecule is CC(CN(C)Cc1cc(Br)ccc1O)C(=O)O. The molecule has 2 N–H and O–H groups in total. The topological polar surface area (TPSA) is 60.8 Å². The smallest absolute Gasteiger partial charge is 0.307 e. The van der Waals surface area contributed by atoms with Crippen LogP contribution in [0.5, 0.6) is 5.75 Å². The van der Waals surface area contributed by atoms with E-state index in [1.807, 2.05) is 18.0 Å². The molecule has 0 bridgehead atoms. The van der Waals surface area contributed by atoms with Gasteiger partial charge >= 0.3 is 5.97 Å². The Balaban J connectivity index is 2.64. The minimum atomic E-state index is -0.810. The Morgan fingerprint density at radius 3 is 2.76 bits per heavy atom.